The first-order chi connectivity index (χ1) is 8.81. The lowest BCUT2D eigenvalue weighted by atomic mass is 9.81. The van der Waals surface area contributed by atoms with Gasteiger partial charge < -0.3 is 4.90 Å². The van der Waals surface area contributed by atoms with Crippen molar-refractivity contribution in [3.05, 3.63) is 34.9 Å². The van der Waals surface area contributed by atoms with E-state index in [0.29, 0.717) is 12.1 Å². The molecular weight excluding hydrogens is 238 g/mol. The lowest BCUT2D eigenvalue weighted by Gasteiger charge is -2.35. The van der Waals surface area contributed by atoms with Crippen molar-refractivity contribution < 1.29 is 9.59 Å². The Hall–Kier alpha value is -1.64. The summed E-state index contributed by atoms with van der Waals surface area (Å²) in [6.45, 7) is 8.82. The molecule has 0 aromatic heterocycles. The summed E-state index contributed by atoms with van der Waals surface area (Å²) in [4.78, 5) is 26.0. The molecule has 3 nitrogen and oxygen atoms in total. The molecule has 19 heavy (non-hydrogen) atoms. The maximum Gasteiger partial charge on any atom is 0.254 e. The Morgan fingerprint density at radius 1 is 1.21 bits per heavy atom. The molecule has 102 valence electrons. The van der Waals surface area contributed by atoms with Crippen molar-refractivity contribution >= 4 is 11.7 Å². The van der Waals surface area contributed by atoms with Crippen LogP contribution in [0.2, 0.25) is 0 Å². The molecule has 0 unspecified atom stereocenters. The molecule has 1 heterocycles. The Labute approximate surface area is 114 Å². The molecular formula is C16H21NO2. The van der Waals surface area contributed by atoms with E-state index in [9.17, 15) is 9.59 Å². The summed E-state index contributed by atoms with van der Waals surface area (Å²) in [7, 11) is 0. The maximum absolute atomic E-state index is 12.4. The molecule has 1 aliphatic heterocycles. The van der Waals surface area contributed by atoms with Crippen LogP contribution in [-0.4, -0.2) is 29.7 Å². The Kier molecular flexibility index (Phi) is 3.48. The number of piperidine rings is 1. The van der Waals surface area contributed by atoms with Crippen molar-refractivity contribution in [3.63, 3.8) is 0 Å². The van der Waals surface area contributed by atoms with Crippen LogP contribution in [0.5, 0.6) is 0 Å². The third-order valence-corrected chi connectivity index (χ3v) is 4.14. The van der Waals surface area contributed by atoms with Crippen molar-refractivity contribution in [2.45, 2.75) is 34.1 Å². The van der Waals surface area contributed by atoms with E-state index in [-0.39, 0.29) is 23.7 Å². The highest BCUT2D eigenvalue weighted by molar-refractivity contribution is 5.98. The van der Waals surface area contributed by atoms with E-state index >= 15 is 0 Å². The summed E-state index contributed by atoms with van der Waals surface area (Å²) in [5.41, 5.74) is 2.66. The number of hydrogen-bond donors (Lipinski definition) is 0. The molecule has 1 saturated heterocycles. The number of carbonyl (C=O) groups is 2. The van der Waals surface area contributed by atoms with Gasteiger partial charge in [0.25, 0.3) is 5.91 Å². The maximum atomic E-state index is 12.4. The molecule has 1 fully saturated rings. The predicted octanol–water partition coefficient (Wildman–Crippen LogP) is 2.74. The highest BCUT2D eigenvalue weighted by Gasteiger charge is 2.35. The van der Waals surface area contributed by atoms with Crippen LogP contribution in [0.15, 0.2) is 18.2 Å². The van der Waals surface area contributed by atoms with Crippen LogP contribution in [0.4, 0.5) is 0 Å². The van der Waals surface area contributed by atoms with Gasteiger partial charge in [0.1, 0.15) is 0 Å². The fourth-order valence-corrected chi connectivity index (χ4v) is 2.25. The number of ketones is 1. The normalized spacial score (nSPS) is 18.5. The summed E-state index contributed by atoms with van der Waals surface area (Å²) in [5.74, 6) is 0.114. The van der Waals surface area contributed by atoms with Gasteiger partial charge in [0.2, 0.25) is 0 Å². The molecule has 0 radical (unpaired) electrons. The summed E-state index contributed by atoms with van der Waals surface area (Å²) in [6.07, 6.45) is 0.739. The van der Waals surface area contributed by atoms with Gasteiger partial charge >= 0.3 is 0 Å². The minimum atomic E-state index is -0.292. The van der Waals surface area contributed by atoms with Gasteiger partial charge in [-0.05, 0) is 43.5 Å². The SMILES string of the molecule is Cc1ccc(C(=O)N2CCC(C)(C)C(=O)C2)cc1C. The van der Waals surface area contributed by atoms with Crippen LogP contribution >= 0.6 is 0 Å². The van der Waals surface area contributed by atoms with E-state index in [1.165, 1.54) is 5.56 Å². The molecule has 0 aliphatic carbocycles. The highest BCUT2D eigenvalue weighted by Crippen LogP contribution is 2.27. The zero-order chi connectivity index (χ0) is 14.2. The summed E-state index contributed by atoms with van der Waals surface area (Å²) in [6, 6.07) is 5.70. The lowest BCUT2D eigenvalue weighted by Crippen LogP contribution is -2.47. The van der Waals surface area contributed by atoms with Crippen molar-refractivity contribution in [1.82, 2.24) is 4.90 Å². The number of likely N-dealkylation sites (tertiary alicyclic amines) is 1. The monoisotopic (exact) mass is 259 g/mol. The molecule has 0 spiro atoms. The highest BCUT2D eigenvalue weighted by atomic mass is 16.2. The Morgan fingerprint density at radius 2 is 1.89 bits per heavy atom. The quantitative estimate of drug-likeness (QED) is 0.777. The van der Waals surface area contributed by atoms with Gasteiger partial charge in [0.15, 0.2) is 5.78 Å². The van der Waals surface area contributed by atoms with Crippen LogP contribution in [-0.2, 0) is 4.79 Å². The van der Waals surface area contributed by atoms with Crippen LogP contribution in [0.25, 0.3) is 0 Å². The molecule has 1 aromatic carbocycles. The summed E-state index contributed by atoms with van der Waals surface area (Å²) >= 11 is 0. The first-order valence-corrected chi connectivity index (χ1v) is 6.71. The molecule has 0 N–H and O–H groups in total. The minimum absolute atomic E-state index is 0.0352. The number of carbonyl (C=O) groups excluding carboxylic acids is 2. The molecule has 1 aromatic rings. The van der Waals surface area contributed by atoms with Crippen LogP contribution in [0, 0.1) is 19.3 Å². The van der Waals surface area contributed by atoms with Crippen molar-refractivity contribution in [1.29, 1.82) is 0 Å². The van der Waals surface area contributed by atoms with Gasteiger partial charge in [-0.2, -0.15) is 0 Å². The van der Waals surface area contributed by atoms with E-state index < -0.39 is 0 Å². The molecule has 0 bridgehead atoms. The predicted molar refractivity (Wildman–Crippen MR) is 75.2 cm³/mol. The average Bonchev–Trinajstić information content (AvgIpc) is 2.35. The van der Waals surface area contributed by atoms with Gasteiger partial charge in [0, 0.05) is 17.5 Å². The van der Waals surface area contributed by atoms with Gasteiger partial charge in [-0.15, -0.1) is 0 Å². The Morgan fingerprint density at radius 3 is 2.47 bits per heavy atom. The number of amides is 1. The zero-order valence-corrected chi connectivity index (χ0v) is 12.1. The second kappa shape index (κ2) is 4.80. The van der Waals surface area contributed by atoms with E-state index in [2.05, 4.69) is 0 Å². The molecule has 0 atom stereocenters. The smallest absolute Gasteiger partial charge is 0.254 e. The first-order valence-electron chi connectivity index (χ1n) is 6.71. The fraction of sp³-hybridized carbons (Fsp3) is 0.500. The number of aryl methyl sites for hydroxylation is 2. The molecule has 1 aliphatic rings. The number of nitrogens with zero attached hydrogens (tertiary/aromatic N) is 1. The van der Waals surface area contributed by atoms with E-state index in [1.54, 1.807) is 4.90 Å². The molecule has 3 heteroatoms. The van der Waals surface area contributed by atoms with E-state index in [4.69, 9.17) is 0 Å². The topological polar surface area (TPSA) is 37.4 Å². The zero-order valence-electron chi connectivity index (χ0n) is 12.1. The first kappa shape index (κ1) is 13.8. The van der Waals surface area contributed by atoms with Crippen molar-refractivity contribution in [2.24, 2.45) is 5.41 Å². The fourth-order valence-electron chi connectivity index (χ4n) is 2.25. The van der Waals surface area contributed by atoms with Crippen molar-refractivity contribution in [2.75, 3.05) is 13.1 Å². The number of Topliss-reactive ketones (excluding diaryl/α,β-unsaturated/α-hetero) is 1. The van der Waals surface area contributed by atoms with E-state index in [0.717, 1.165) is 12.0 Å². The molecule has 0 saturated carbocycles. The Bertz CT molecular complexity index is 532. The molecule has 1 amide bonds. The number of rotatable bonds is 1. The summed E-state index contributed by atoms with van der Waals surface area (Å²) < 4.78 is 0. The lowest BCUT2D eigenvalue weighted by molar-refractivity contribution is -0.130. The Balaban J connectivity index is 2.17. The van der Waals surface area contributed by atoms with Crippen LogP contribution in [0.3, 0.4) is 0 Å². The number of benzene rings is 1. The standard InChI is InChI=1S/C16H21NO2/c1-11-5-6-13(9-12(11)2)15(19)17-8-7-16(3,4)14(18)10-17/h5-6,9H,7-8,10H2,1-4H3. The van der Waals surface area contributed by atoms with Gasteiger partial charge in [-0.1, -0.05) is 19.9 Å². The van der Waals surface area contributed by atoms with E-state index in [1.807, 2.05) is 45.9 Å². The minimum Gasteiger partial charge on any atom is -0.331 e. The van der Waals surface area contributed by atoms with Crippen LogP contribution < -0.4 is 0 Å². The van der Waals surface area contributed by atoms with Gasteiger partial charge in [-0.3, -0.25) is 9.59 Å². The van der Waals surface area contributed by atoms with Gasteiger partial charge in [-0.25, -0.2) is 0 Å². The van der Waals surface area contributed by atoms with Gasteiger partial charge in [0.05, 0.1) is 6.54 Å². The second-order valence-corrected chi connectivity index (χ2v) is 6.08. The van der Waals surface area contributed by atoms with Crippen LogP contribution in [0.1, 0.15) is 41.8 Å². The average molecular weight is 259 g/mol. The number of hydrogen-bond acceptors (Lipinski definition) is 2. The third kappa shape index (κ3) is 2.70. The van der Waals surface area contributed by atoms with Crippen molar-refractivity contribution in [3.8, 4) is 0 Å². The molecule has 2 rings (SSSR count). The third-order valence-electron chi connectivity index (χ3n) is 4.14. The second-order valence-electron chi connectivity index (χ2n) is 6.08. The largest absolute Gasteiger partial charge is 0.331 e. The summed E-state index contributed by atoms with van der Waals surface area (Å²) in [5, 5.41) is 0.